The molecule has 1 aromatic carbocycles. The maximum absolute atomic E-state index is 14.2. The van der Waals surface area contributed by atoms with Gasteiger partial charge in [0.05, 0.1) is 12.6 Å². The zero-order valence-corrected chi connectivity index (χ0v) is 15.0. The molecule has 0 bridgehead atoms. The Morgan fingerprint density at radius 3 is 2.39 bits per heavy atom. The van der Waals surface area contributed by atoms with E-state index in [9.17, 15) is 27.2 Å². The Morgan fingerprint density at radius 2 is 1.75 bits per heavy atom. The first-order valence-corrected chi connectivity index (χ1v) is 8.97. The molecule has 0 aliphatic carbocycles. The van der Waals surface area contributed by atoms with Crippen molar-refractivity contribution in [3.63, 3.8) is 0 Å². The number of nitrogens with zero attached hydrogens (tertiary/aromatic N) is 2. The molecule has 2 atom stereocenters. The predicted molar refractivity (Wildman–Crippen MR) is 89.6 cm³/mol. The van der Waals surface area contributed by atoms with Crippen molar-refractivity contribution in [3.05, 3.63) is 24.3 Å². The molecule has 0 N–H and O–H groups in total. The van der Waals surface area contributed by atoms with Gasteiger partial charge in [0, 0.05) is 25.9 Å². The van der Waals surface area contributed by atoms with E-state index in [0.29, 0.717) is 13.0 Å². The summed E-state index contributed by atoms with van der Waals surface area (Å²) in [6.45, 7) is 0.534. The lowest BCUT2D eigenvalue weighted by molar-refractivity contribution is -0.274. The maximum Gasteiger partial charge on any atom is 0.573 e. The van der Waals surface area contributed by atoms with Crippen LogP contribution in [0.1, 0.15) is 25.7 Å². The number of carbonyl (C=O) groups is 2. The zero-order chi connectivity index (χ0) is 20.3. The van der Waals surface area contributed by atoms with Crippen LogP contribution in [0.15, 0.2) is 24.3 Å². The molecule has 0 aromatic heterocycles. The molecule has 2 aliphatic heterocycles. The second-order valence-corrected chi connectivity index (χ2v) is 6.82. The van der Waals surface area contributed by atoms with E-state index in [-0.39, 0.29) is 31.2 Å². The summed E-state index contributed by atoms with van der Waals surface area (Å²) in [7, 11) is 0. The topological polar surface area (TPSA) is 59.1 Å². The first-order chi connectivity index (χ1) is 13.2. The summed E-state index contributed by atoms with van der Waals surface area (Å²) in [5.74, 6) is -0.484. The molecular formula is C18H20F4N2O4. The highest BCUT2D eigenvalue weighted by molar-refractivity contribution is 5.77. The monoisotopic (exact) mass is 404 g/mol. The number of alkyl halides is 4. The van der Waals surface area contributed by atoms with Crippen molar-refractivity contribution in [1.82, 2.24) is 9.80 Å². The van der Waals surface area contributed by atoms with Crippen LogP contribution in [0, 0.1) is 0 Å². The fraction of sp³-hybridized carbons (Fsp3) is 0.556. The summed E-state index contributed by atoms with van der Waals surface area (Å²) in [6.07, 6.45) is -4.69. The third-order valence-electron chi connectivity index (χ3n) is 4.70. The van der Waals surface area contributed by atoms with Crippen LogP contribution >= 0.6 is 0 Å². The molecule has 28 heavy (non-hydrogen) atoms. The van der Waals surface area contributed by atoms with Gasteiger partial charge in [-0.15, -0.1) is 13.2 Å². The fourth-order valence-corrected chi connectivity index (χ4v) is 3.47. The third-order valence-corrected chi connectivity index (χ3v) is 4.70. The molecule has 0 unspecified atom stereocenters. The van der Waals surface area contributed by atoms with Gasteiger partial charge in [-0.25, -0.2) is 9.18 Å². The van der Waals surface area contributed by atoms with Gasteiger partial charge in [-0.1, -0.05) is 0 Å². The van der Waals surface area contributed by atoms with Crippen LogP contribution in [0.2, 0.25) is 0 Å². The molecule has 2 aliphatic rings. The highest BCUT2D eigenvalue weighted by Gasteiger charge is 2.36. The number of rotatable bonds is 3. The quantitative estimate of drug-likeness (QED) is 0.724. The minimum Gasteiger partial charge on any atom is -0.410 e. The second kappa shape index (κ2) is 8.24. The highest BCUT2D eigenvalue weighted by Crippen LogP contribution is 2.26. The lowest BCUT2D eigenvalue weighted by atomic mass is 9.99. The Kier molecular flexibility index (Phi) is 5.95. The number of hydrogen-bond donors (Lipinski definition) is 0. The molecule has 0 spiro atoms. The van der Waals surface area contributed by atoms with Crippen LogP contribution in [-0.2, 0) is 4.79 Å². The van der Waals surface area contributed by atoms with Crippen molar-refractivity contribution < 1.29 is 36.6 Å². The Hall–Kier alpha value is -2.52. The van der Waals surface area contributed by atoms with E-state index in [1.165, 1.54) is 4.90 Å². The van der Waals surface area contributed by atoms with Crippen LogP contribution in [0.5, 0.6) is 11.5 Å². The van der Waals surface area contributed by atoms with Gasteiger partial charge in [0.15, 0.2) is 0 Å². The highest BCUT2D eigenvalue weighted by atomic mass is 19.4. The van der Waals surface area contributed by atoms with Crippen LogP contribution in [0.4, 0.5) is 22.4 Å². The van der Waals surface area contributed by atoms with E-state index in [2.05, 4.69) is 4.74 Å². The smallest absolute Gasteiger partial charge is 0.410 e. The van der Waals surface area contributed by atoms with Crippen molar-refractivity contribution in [2.75, 3.05) is 19.6 Å². The Morgan fingerprint density at radius 1 is 1.07 bits per heavy atom. The number of hydrogen-bond acceptors (Lipinski definition) is 4. The van der Waals surface area contributed by atoms with E-state index >= 15 is 0 Å². The molecule has 2 fully saturated rings. The molecule has 1 aromatic rings. The van der Waals surface area contributed by atoms with Crippen molar-refractivity contribution in [2.45, 2.75) is 44.3 Å². The summed E-state index contributed by atoms with van der Waals surface area (Å²) >= 11 is 0. The normalized spacial score (nSPS) is 23.5. The Balaban J connectivity index is 1.60. The van der Waals surface area contributed by atoms with Crippen molar-refractivity contribution in [1.29, 1.82) is 0 Å². The van der Waals surface area contributed by atoms with Gasteiger partial charge in [-0.2, -0.15) is 0 Å². The molecule has 0 saturated carbocycles. The van der Waals surface area contributed by atoms with E-state index in [1.54, 1.807) is 4.90 Å². The summed E-state index contributed by atoms with van der Waals surface area (Å²) < 4.78 is 59.6. The molecule has 2 heterocycles. The number of carbonyl (C=O) groups excluding carboxylic acids is 2. The summed E-state index contributed by atoms with van der Waals surface area (Å²) in [6, 6.07) is 3.92. The Labute approximate surface area is 159 Å². The van der Waals surface area contributed by atoms with Crippen LogP contribution in [-0.4, -0.2) is 60.0 Å². The van der Waals surface area contributed by atoms with E-state index < -0.39 is 30.4 Å². The zero-order valence-electron chi connectivity index (χ0n) is 15.0. The first kappa shape index (κ1) is 20.2. The molecule has 154 valence electrons. The van der Waals surface area contributed by atoms with Gasteiger partial charge in [0.25, 0.3) is 0 Å². The molecule has 0 radical (unpaired) electrons. The molecule has 10 heteroatoms. The molecule has 6 nitrogen and oxygen atoms in total. The molecule has 3 rings (SSSR count). The SMILES string of the molecule is O=C(Oc1ccc(OC(F)(F)F)cc1)N1C[C@@H](F)C[C@H](N2CCCCC2=O)C1. The number of piperidine rings is 2. The van der Waals surface area contributed by atoms with Crippen LogP contribution in [0.25, 0.3) is 0 Å². The molecular weight excluding hydrogens is 384 g/mol. The predicted octanol–water partition coefficient (Wildman–Crippen LogP) is 3.51. The lowest BCUT2D eigenvalue weighted by Gasteiger charge is -2.41. The standard InChI is InChI=1S/C18H20F4N2O4/c19-12-9-13(24-8-2-1-3-16(24)25)11-23(10-12)17(26)27-14-4-6-15(7-5-14)28-18(20,21)22/h4-7,12-13H,1-3,8-11H2/t12-,13-/m0/s1. The average molecular weight is 404 g/mol. The van der Waals surface area contributed by atoms with Gasteiger partial charge >= 0.3 is 12.5 Å². The van der Waals surface area contributed by atoms with Gasteiger partial charge in [0.2, 0.25) is 5.91 Å². The summed E-state index contributed by atoms with van der Waals surface area (Å²) in [5.41, 5.74) is 0. The number of halogens is 4. The van der Waals surface area contributed by atoms with Gasteiger partial charge in [-0.3, -0.25) is 4.79 Å². The van der Waals surface area contributed by atoms with Crippen LogP contribution in [0.3, 0.4) is 0 Å². The number of likely N-dealkylation sites (tertiary alicyclic amines) is 2. The van der Waals surface area contributed by atoms with Gasteiger partial charge in [-0.05, 0) is 37.1 Å². The third kappa shape index (κ3) is 5.26. The fourth-order valence-electron chi connectivity index (χ4n) is 3.47. The maximum atomic E-state index is 14.2. The van der Waals surface area contributed by atoms with E-state index in [1.807, 2.05) is 0 Å². The number of ether oxygens (including phenoxy) is 2. The number of amides is 2. The molecule has 2 saturated heterocycles. The minimum absolute atomic E-state index is 0.00565. The van der Waals surface area contributed by atoms with E-state index in [0.717, 1.165) is 37.1 Å². The summed E-state index contributed by atoms with van der Waals surface area (Å²) in [5, 5.41) is 0. The lowest BCUT2D eigenvalue weighted by Crippen LogP contribution is -2.56. The van der Waals surface area contributed by atoms with Crippen LogP contribution < -0.4 is 9.47 Å². The molecule has 2 amide bonds. The second-order valence-electron chi connectivity index (χ2n) is 6.82. The van der Waals surface area contributed by atoms with E-state index in [4.69, 9.17) is 4.74 Å². The van der Waals surface area contributed by atoms with Crippen molar-refractivity contribution in [3.8, 4) is 11.5 Å². The van der Waals surface area contributed by atoms with Gasteiger partial charge in [0.1, 0.15) is 17.7 Å². The van der Waals surface area contributed by atoms with Gasteiger partial charge < -0.3 is 19.3 Å². The summed E-state index contributed by atoms with van der Waals surface area (Å²) in [4.78, 5) is 27.2. The number of benzene rings is 1. The van der Waals surface area contributed by atoms with Crippen molar-refractivity contribution >= 4 is 12.0 Å². The Bertz CT molecular complexity index is 711. The first-order valence-electron chi connectivity index (χ1n) is 8.97. The largest absolute Gasteiger partial charge is 0.573 e. The van der Waals surface area contributed by atoms with Crippen molar-refractivity contribution in [2.24, 2.45) is 0 Å². The minimum atomic E-state index is -4.82. The average Bonchev–Trinajstić information content (AvgIpc) is 2.62.